The number of aryl methyl sites for hydroxylation is 1. The number of hydrogen-bond acceptors (Lipinski definition) is 2. The number of carbonyl (C=O) groups is 1. The molecule has 0 spiro atoms. The first-order valence-electron chi connectivity index (χ1n) is 5.23. The van der Waals surface area contributed by atoms with Crippen molar-refractivity contribution >= 4 is 28.4 Å². The molecular formula is C13H13ClO2. The number of benzene rings is 1. The van der Waals surface area contributed by atoms with Gasteiger partial charge in [0, 0.05) is 16.3 Å². The zero-order valence-electron chi connectivity index (χ0n) is 9.50. The maximum Gasteiger partial charge on any atom is 0.200 e. The molecule has 0 N–H and O–H groups in total. The average Bonchev–Trinajstić information content (AvgIpc) is 2.60. The lowest BCUT2D eigenvalue weighted by molar-refractivity contribution is 0.0913. The van der Waals surface area contributed by atoms with Crippen LogP contribution >= 0.6 is 11.6 Å². The summed E-state index contributed by atoms with van der Waals surface area (Å²) < 4.78 is 5.52. The first kappa shape index (κ1) is 11.2. The van der Waals surface area contributed by atoms with Gasteiger partial charge in [0.2, 0.25) is 5.78 Å². The molecule has 0 fully saturated rings. The van der Waals surface area contributed by atoms with Crippen molar-refractivity contribution in [3.8, 4) is 0 Å². The van der Waals surface area contributed by atoms with Crippen LogP contribution in [0.3, 0.4) is 0 Å². The Kier molecular flexibility index (Phi) is 2.76. The molecule has 0 aliphatic heterocycles. The van der Waals surface area contributed by atoms with Crippen LogP contribution in [-0.2, 0) is 0 Å². The lowest BCUT2D eigenvalue weighted by Gasteiger charge is -1.98. The van der Waals surface area contributed by atoms with E-state index in [0.29, 0.717) is 16.4 Å². The second-order valence-corrected chi connectivity index (χ2v) is 4.68. The van der Waals surface area contributed by atoms with Crippen molar-refractivity contribution in [2.75, 3.05) is 0 Å². The summed E-state index contributed by atoms with van der Waals surface area (Å²) in [5, 5.41) is 1.57. The summed E-state index contributed by atoms with van der Waals surface area (Å²) in [6, 6.07) is 5.44. The number of furan rings is 1. The van der Waals surface area contributed by atoms with Gasteiger partial charge in [-0.1, -0.05) is 25.4 Å². The summed E-state index contributed by atoms with van der Waals surface area (Å²) in [7, 11) is 0. The van der Waals surface area contributed by atoms with E-state index in [-0.39, 0.29) is 11.7 Å². The zero-order valence-corrected chi connectivity index (χ0v) is 10.3. The summed E-state index contributed by atoms with van der Waals surface area (Å²) in [6.45, 7) is 5.62. The Balaban J connectivity index is 2.56. The molecule has 2 rings (SSSR count). The Morgan fingerprint density at radius 2 is 2.00 bits per heavy atom. The summed E-state index contributed by atoms with van der Waals surface area (Å²) in [4.78, 5) is 11.8. The molecular weight excluding hydrogens is 224 g/mol. The SMILES string of the molecule is Cc1cc2oc(C(=O)C(C)C)cc2cc1Cl. The predicted octanol–water partition coefficient (Wildman–Crippen LogP) is 4.23. The van der Waals surface area contributed by atoms with Gasteiger partial charge in [-0.3, -0.25) is 4.79 Å². The highest BCUT2D eigenvalue weighted by Gasteiger charge is 2.16. The molecule has 2 aromatic rings. The van der Waals surface area contributed by atoms with E-state index in [0.717, 1.165) is 10.9 Å². The van der Waals surface area contributed by atoms with Gasteiger partial charge in [0.25, 0.3) is 0 Å². The highest BCUT2D eigenvalue weighted by molar-refractivity contribution is 6.32. The first-order valence-corrected chi connectivity index (χ1v) is 5.60. The van der Waals surface area contributed by atoms with E-state index in [1.165, 1.54) is 0 Å². The average molecular weight is 237 g/mol. The van der Waals surface area contributed by atoms with Gasteiger partial charge in [0.15, 0.2) is 5.76 Å². The standard InChI is InChI=1S/C13H13ClO2/c1-7(2)13(15)12-6-9-5-10(14)8(3)4-11(9)16-12/h4-7H,1-3H3. The van der Waals surface area contributed by atoms with Gasteiger partial charge in [0.1, 0.15) is 5.58 Å². The lowest BCUT2D eigenvalue weighted by Crippen LogP contribution is -2.05. The molecule has 0 amide bonds. The summed E-state index contributed by atoms with van der Waals surface area (Å²) in [5.74, 6) is 0.369. The van der Waals surface area contributed by atoms with Gasteiger partial charge in [-0.2, -0.15) is 0 Å². The van der Waals surface area contributed by atoms with Gasteiger partial charge >= 0.3 is 0 Å². The summed E-state index contributed by atoms with van der Waals surface area (Å²) in [6.07, 6.45) is 0. The molecule has 1 aromatic carbocycles. The van der Waals surface area contributed by atoms with Crippen molar-refractivity contribution < 1.29 is 9.21 Å². The van der Waals surface area contributed by atoms with E-state index in [2.05, 4.69) is 0 Å². The van der Waals surface area contributed by atoms with Crippen LogP contribution in [0.15, 0.2) is 22.6 Å². The maximum atomic E-state index is 11.8. The third-order valence-corrected chi connectivity index (χ3v) is 2.97. The molecule has 0 atom stereocenters. The maximum absolute atomic E-state index is 11.8. The van der Waals surface area contributed by atoms with Gasteiger partial charge in [-0.25, -0.2) is 0 Å². The highest BCUT2D eigenvalue weighted by Crippen LogP contribution is 2.27. The molecule has 0 saturated heterocycles. The quantitative estimate of drug-likeness (QED) is 0.731. The fourth-order valence-corrected chi connectivity index (χ4v) is 1.74. The van der Waals surface area contributed by atoms with E-state index in [1.54, 1.807) is 6.07 Å². The van der Waals surface area contributed by atoms with E-state index in [4.69, 9.17) is 16.0 Å². The monoisotopic (exact) mass is 236 g/mol. The predicted molar refractivity (Wildman–Crippen MR) is 65.1 cm³/mol. The fraction of sp³-hybridized carbons (Fsp3) is 0.308. The van der Waals surface area contributed by atoms with Crippen LogP contribution in [0.5, 0.6) is 0 Å². The smallest absolute Gasteiger partial charge is 0.200 e. The number of ketones is 1. The van der Waals surface area contributed by atoms with Gasteiger partial charge in [-0.15, -0.1) is 0 Å². The van der Waals surface area contributed by atoms with Gasteiger partial charge in [-0.05, 0) is 30.7 Å². The van der Waals surface area contributed by atoms with Crippen LogP contribution in [0.4, 0.5) is 0 Å². The molecule has 1 heterocycles. The van der Waals surface area contributed by atoms with Crippen molar-refractivity contribution in [2.24, 2.45) is 5.92 Å². The number of fused-ring (bicyclic) bond motifs is 1. The van der Waals surface area contributed by atoms with Crippen molar-refractivity contribution in [1.82, 2.24) is 0 Å². The van der Waals surface area contributed by atoms with Crippen LogP contribution in [0.25, 0.3) is 11.0 Å². The Bertz CT molecular complexity index is 513. The van der Waals surface area contributed by atoms with Gasteiger partial charge in [0.05, 0.1) is 0 Å². The molecule has 0 aliphatic rings. The van der Waals surface area contributed by atoms with Gasteiger partial charge < -0.3 is 4.42 Å². The summed E-state index contributed by atoms with van der Waals surface area (Å²) in [5.41, 5.74) is 1.66. The molecule has 0 aliphatic carbocycles. The number of carbonyl (C=O) groups excluding carboxylic acids is 1. The molecule has 0 radical (unpaired) electrons. The molecule has 16 heavy (non-hydrogen) atoms. The Morgan fingerprint density at radius 1 is 1.31 bits per heavy atom. The minimum atomic E-state index is -0.0582. The first-order chi connectivity index (χ1) is 7.49. The topological polar surface area (TPSA) is 30.2 Å². The zero-order chi connectivity index (χ0) is 11.9. The normalized spacial score (nSPS) is 11.3. The third-order valence-electron chi connectivity index (χ3n) is 2.56. The van der Waals surface area contributed by atoms with Crippen LogP contribution in [0, 0.1) is 12.8 Å². The molecule has 84 valence electrons. The molecule has 0 saturated carbocycles. The Morgan fingerprint density at radius 3 is 2.62 bits per heavy atom. The van der Waals surface area contributed by atoms with E-state index >= 15 is 0 Å². The minimum absolute atomic E-state index is 0.0185. The Labute approximate surface area is 99.2 Å². The lowest BCUT2D eigenvalue weighted by atomic mass is 10.1. The second kappa shape index (κ2) is 3.95. The number of hydrogen-bond donors (Lipinski definition) is 0. The van der Waals surface area contributed by atoms with E-state index in [1.807, 2.05) is 32.9 Å². The van der Waals surface area contributed by atoms with Crippen LogP contribution in [0.2, 0.25) is 5.02 Å². The number of halogens is 1. The minimum Gasteiger partial charge on any atom is -0.453 e. The van der Waals surface area contributed by atoms with Crippen molar-refractivity contribution in [2.45, 2.75) is 20.8 Å². The van der Waals surface area contributed by atoms with Crippen LogP contribution in [0.1, 0.15) is 30.0 Å². The molecule has 3 heteroatoms. The fourth-order valence-electron chi connectivity index (χ4n) is 1.57. The summed E-state index contributed by atoms with van der Waals surface area (Å²) >= 11 is 6.01. The molecule has 1 aromatic heterocycles. The number of Topliss-reactive ketones (excluding diaryl/α,β-unsaturated/α-hetero) is 1. The molecule has 0 unspecified atom stereocenters. The third kappa shape index (κ3) is 1.85. The highest BCUT2D eigenvalue weighted by atomic mass is 35.5. The van der Waals surface area contributed by atoms with Crippen molar-refractivity contribution in [1.29, 1.82) is 0 Å². The Hall–Kier alpha value is -1.28. The largest absolute Gasteiger partial charge is 0.453 e. The van der Waals surface area contributed by atoms with Crippen molar-refractivity contribution in [3.05, 3.63) is 34.5 Å². The van der Waals surface area contributed by atoms with Crippen LogP contribution in [-0.4, -0.2) is 5.78 Å². The molecule has 2 nitrogen and oxygen atoms in total. The van der Waals surface area contributed by atoms with Crippen molar-refractivity contribution in [3.63, 3.8) is 0 Å². The molecule has 0 bridgehead atoms. The second-order valence-electron chi connectivity index (χ2n) is 4.27. The number of rotatable bonds is 2. The van der Waals surface area contributed by atoms with Crippen LogP contribution < -0.4 is 0 Å². The van der Waals surface area contributed by atoms with E-state index in [9.17, 15) is 4.79 Å². The van der Waals surface area contributed by atoms with E-state index < -0.39 is 0 Å².